The van der Waals surface area contributed by atoms with E-state index in [0.29, 0.717) is 26.4 Å². The average molecular weight is 296 g/mol. The molecule has 110 valence electrons. The molecule has 20 heavy (non-hydrogen) atoms. The molecule has 2 saturated heterocycles. The molecule has 1 aromatic rings. The Morgan fingerprint density at radius 3 is 1.70 bits per heavy atom. The van der Waals surface area contributed by atoms with Gasteiger partial charge in [-0.1, -0.05) is 18.2 Å². The first-order chi connectivity index (χ1) is 9.82. The summed E-state index contributed by atoms with van der Waals surface area (Å²) in [5.41, 5.74) is 0. The van der Waals surface area contributed by atoms with Crippen LogP contribution in [-0.4, -0.2) is 61.9 Å². The molecule has 2 heterocycles. The van der Waals surface area contributed by atoms with Crippen LogP contribution in [0.2, 0.25) is 0 Å². The van der Waals surface area contributed by atoms with Gasteiger partial charge >= 0.3 is 0 Å². The summed E-state index contributed by atoms with van der Waals surface area (Å²) in [5, 5.41) is 0.920. The van der Waals surface area contributed by atoms with Crippen molar-refractivity contribution in [3.05, 3.63) is 30.3 Å². The fourth-order valence-corrected chi connectivity index (χ4v) is 5.76. The number of benzene rings is 1. The molecule has 0 N–H and O–H groups in total. The number of nitrogens with zero attached hydrogens (tertiary/aromatic N) is 2. The highest BCUT2D eigenvalue weighted by molar-refractivity contribution is 7.67. The van der Waals surface area contributed by atoms with Gasteiger partial charge in [-0.3, -0.25) is 4.57 Å². The third kappa shape index (κ3) is 2.69. The highest BCUT2D eigenvalue weighted by Crippen LogP contribution is 2.52. The number of hydrogen-bond acceptors (Lipinski definition) is 3. The summed E-state index contributed by atoms with van der Waals surface area (Å²) in [6, 6.07) is 9.84. The summed E-state index contributed by atoms with van der Waals surface area (Å²) in [7, 11) is -2.72. The fraction of sp³-hybridized carbons (Fsp3) is 0.571. The lowest BCUT2D eigenvalue weighted by atomic mass is 10.4. The molecule has 0 amide bonds. The van der Waals surface area contributed by atoms with Crippen LogP contribution in [-0.2, 0) is 14.0 Å². The van der Waals surface area contributed by atoms with Gasteiger partial charge in [0.1, 0.15) is 0 Å². The lowest BCUT2D eigenvalue weighted by Gasteiger charge is -2.42. The van der Waals surface area contributed by atoms with Gasteiger partial charge in [-0.05, 0) is 12.1 Å². The molecular weight excluding hydrogens is 275 g/mol. The van der Waals surface area contributed by atoms with E-state index in [1.54, 1.807) is 0 Å². The quantitative estimate of drug-likeness (QED) is 0.783. The Labute approximate surface area is 119 Å². The van der Waals surface area contributed by atoms with E-state index < -0.39 is 7.44 Å². The Kier molecular flexibility index (Phi) is 4.54. The summed E-state index contributed by atoms with van der Waals surface area (Å²) in [5.74, 6) is 0. The smallest absolute Gasteiger partial charge is 0.246 e. The van der Waals surface area contributed by atoms with Crippen molar-refractivity contribution >= 4 is 12.7 Å². The van der Waals surface area contributed by atoms with Gasteiger partial charge in [0.05, 0.1) is 26.4 Å². The minimum atomic E-state index is -2.72. The molecule has 0 unspecified atom stereocenters. The maximum atomic E-state index is 13.9. The van der Waals surface area contributed by atoms with Gasteiger partial charge in [0.25, 0.3) is 0 Å². The lowest BCUT2D eigenvalue weighted by molar-refractivity contribution is 0.0538. The monoisotopic (exact) mass is 296 g/mol. The first-order valence-electron chi connectivity index (χ1n) is 7.14. The van der Waals surface area contributed by atoms with Crippen LogP contribution in [0.3, 0.4) is 0 Å². The van der Waals surface area contributed by atoms with Crippen LogP contribution in [0.25, 0.3) is 0 Å². The second kappa shape index (κ2) is 6.37. The first kappa shape index (κ1) is 14.2. The second-order valence-corrected chi connectivity index (χ2v) is 7.75. The fourth-order valence-electron chi connectivity index (χ4n) is 2.78. The maximum absolute atomic E-state index is 13.9. The van der Waals surface area contributed by atoms with Gasteiger partial charge in [0.2, 0.25) is 7.44 Å². The van der Waals surface area contributed by atoms with E-state index in [9.17, 15) is 4.57 Å². The van der Waals surface area contributed by atoms with Crippen molar-refractivity contribution in [3.8, 4) is 0 Å². The van der Waals surface area contributed by atoms with E-state index in [2.05, 4.69) is 9.34 Å². The summed E-state index contributed by atoms with van der Waals surface area (Å²) in [6.07, 6.45) is 0. The van der Waals surface area contributed by atoms with E-state index >= 15 is 0 Å². The van der Waals surface area contributed by atoms with Crippen LogP contribution < -0.4 is 5.30 Å². The zero-order chi connectivity index (χ0) is 13.8. The molecule has 2 aliphatic heterocycles. The van der Waals surface area contributed by atoms with Crippen LogP contribution in [0.5, 0.6) is 0 Å². The van der Waals surface area contributed by atoms with Gasteiger partial charge in [-0.2, -0.15) is 0 Å². The zero-order valence-corrected chi connectivity index (χ0v) is 12.5. The predicted molar refractivity (Wildman–Crippen MR) is 78.5 cm³/mol. The van der Waals surface area contributed by atoms with Crippen molar-refractivity contribution in [1.82, 2.24) is 9.34 Å². The van der Waals surface area contributed by atoms with Gasteiger partial charge in [0, 0.05) is 31.5 Å². The molecule has 0 saturated carbocycles. The Balaban J connectivity index is 1.95. The van der Waals surface area contributed by atoms with E-state index in [-0.39, 0.29) is 0 Å². The van der Waals surface area contributed by atoms with Gasteiger partial charge in [-0.15, -0.1) is 0 Å². The largest absolute Gasteiger partial charge is 0.379 e. The minimum absolute atomic E-state index is 0.654. The SMILES string of the molecule is O=P(c1ccccc1)(N1CCOCC1)N1CCOCC1. The maximum Gasteiger partial charge on any atom is 0.246 e. The van der Waals surface area contributed by atoms with Crippen LogP contribution in [0.1, 0.15) is 0 Å². The molecule has 2 fully saturated rings. The molecule has 0 radical (unpaired) electrons. The molecule has 0 aromatic heterocycles. The summed E-state index contributed by atoms with van der Waals surface area (Å²) in [6.45, 7) is 5.52. The first-order valence-corrected chi connectivity index (χ1v) is 8.75. The second-order valence-electron chi connectivity index (χ2n) is 5.01. The molecule has 0 bridgehead atoms. The molecule has 5 nitrogen and oxygen atoms in total. The van der Waals surface area contributed by atoms with E-state index in [1.165, 1.54) is 0 Å². The molecule has 0 spiro atoms. The van der Waals surface area contributed by atoms with Crippen molar-refractivity contribution in [2.24, 2.45) is 0 Å². The molecular formula is C14H21N2O3P. The minimum Gasteiger partial charge on any atom is -0.379 e. The third-order valence-electron chi connectivity index (χ3n) is 3.83. The number of morpholine rings is 2. The molecule has 3 rings (SSSR count). The molecule has 2 aliphatic rings. The Hall–Kier alpha value is -0.710. The summed E-state index contributed by atoms with van der Waals surface area (Å²) < 4.78 is 28.9. The highest BCUT2D eigenvalue weighted by Gasteiger charge is 2.40. The topological polar surface area (TPSA) is 42.0 Å². The third-order valence-corrected chi connectivity index (χ3v) is 7.14. The number of rotatable bonds is 3. The molecule has 0 aliphatic carbocycles. The highest BCUT2D eigenvalue weighted by atomic mass is 31.2. The molecule has 1 aromatic carbocycles. The summed E-state index contributed by atoms with van der Waals surface area (Å²) >= 11 is 0. The Bertz CT molecular complexity index is 449. The molecule has 0 atom stereocenters. The predicted octanol–water partition coefficient (Wildman–Crippen LogP) is 1.17. The van der Waals surface area contributed by atoms with E-state index in [1.807, 2.05) is 30.3 Å². The van der Waals surface area contributed by atoms with Crippen molar-refractivity contribution in [3.63, 3.8) is 0 Å². The Morgan fingerprint density at radius 2 is 1.25 bits per heavy atom. The van der Waals surface area contributed by atoms with Crippen molar-refractivity contribution in [1.29, 1.82) is 0 Å². The van der Waals surface area contributed by atoms with Gasteiger partial charge in [0.15, 0.2) is 0 Å². The van der Waals surface area contributed by atoms with Crippen LogP contribution in [0, 0.1) is 0 Å². The van der Waals surface area contributed by atoms with Crippen molar-refractivity contribution in [2.75, 3.05) is 52.6 Å². The standard InChI is InChI=1S/C14H21N2O3P/c17-20(14-4-2-1-3-5-14,15-6-10-18-11-7-15)16-8-12-19-13-9-16/h1-5H,6-13H2. The van der Waals surface area contributed by atoms with Crippen LogP contribution in [0.15, 0.2) is 30.3 Å². The van der Waals surface area contributed by atoms with Crippen LogP contribution >= 0.6 is 7.44 Å². The number of ether oxygens (including phenoxy) is 2. The van der Waals surface area contributed by atoms with Crippen LogP contribution in [0.4, 0.5) is 0 Å². The Morgan fingerprint density at radius 1 is 0.800 bits per heavy atom. The van der Waals surface area contributed by atoms with E-state index in [0.717, 1.165) is 31.5 Å². The molecule has 6 heteroatoms. The average Bonchev–Trinajstić information content (AvgIpc) is 2.56. The lowest BCUT2D eigenvalue weighted by Crippen LogP contribution is -2.46. The van der Waals surface area contributed by atoms with Crippen molar-refractivity contribution in [2.45, 2.75) is 0 Å². The number of hydrogen-bond donors (Lipinski definition) is 0. The van der Waals surface area contributed by atoms with Gasteiger partial charge < -0.3 is 9.47 Å². The van der Waals surface area contributed by atoms with Crippen molar-refractivity contribution < 1.29 is 14.0 Å². The van der Waals surface area contributed by atoms with E-state index in [4.69, 9.17) is 9.47 Å². The summed E-state index contributed by atoms with van der Waals surface area (Å²) in [4.78, 5) is 0. The van der Waals surface area contributed by atoms with Gasteiger partial charge in [-0.25, -0.2) is 9.34 Å². The normalized spacial score (nSPS) is 22.8. The zero-order valence-electron chi connectivity index (χ0n) is 11.6.